The van der Waals surface area contributed by atoms with E-state index in [0.717, 1.165) is 155 Å². The van der Waals surface area contributed by atoms with Crippen LogP contribution in [0.4, 0.5) is 0 Å². The summed E-state index contributed by atoms with van der Waals surface area (Å²) < 4.78 is 55.7. The second-order valence-corrected chi connectivity index (χ2v) is 45.8. The monoisotopic (exact) mass is 1830 g/mol. The third-order valence-electron chi connectivity index (χ3n) is 30.0. The Morgan fingerprint density at radius 2 is 0.526 bits per heavy atom. The topological polar surface area (TPSA) is 183 Å². The molecular formula is C117H184N8O8. The molecule has 1 saturated heterocycles. The maximum Gasteiger partial charge on any atom is 0.265 e. The molecule has 1 fully saturated rings. The van der Waals surface area contributed by atoms with Gasteiger partial charge in [0.05, 0.1) is 37.4 Å². The second kappa shape index (κ2) is 53.8. The largest absolute Gasteiger partial charge is 0.490 e. The first-order chi connectivity index (χ1) is 63.9. The molecule has 0 radical (unpaired) electrons. The maximum absolute atomic E-state index is 7.16. The highest BCUT2D eigenvalue weighted by atomic mass is 16.9. The molecule has 4 aromatic carbocycles. The van der Waals surface area contributed by atoms with Crippen LogP contribution >= 0.6 is 0 Å². The number of ether oxygens (including phenoxy) is 8. The van der Waals surface area contributed by atoms with Crippen molar-refractivity contribution in [2.45, 2.75) is 428 Å². The van der Waals surface area contributed by atoms with Gasteiger partial charge >= 0.3 is 0 Å². The number of hydrogen-bond acceptors (Lipinski definition) is 14. The van der Waals surface area contributed by atoms with Crippen LogP contribution in [0.25, 0.3) is 89.7 Å². The Morgan fingerprint density at radius 1 is 0.271 bits per heavy atom. The number of nitrogens with zero attached hydrogens (tertiary/aromatic N) is 6. The summed E-state index contributed by atoms with van der Waals surface area (Å²) in [5.74, 6) is 15.5. The molecule has 4 aliphatic rings. The van der Waals surface area contributed by atoms with Crippen molar-refractivity contribution in [3.05, 3.63) is 60.7 Å². The van der Waals surface area contributed by atoms with Gasteiger partial charge in [-0.05, 0) is 171 Å². The molecule has 133 heavy (non-hydrogen) atoms. The highest BCUT2D eigenvalue weighted by molar-refractivity contribution is 6.09. The lowest BCUT2D eigenvalue weighted by atomic mass is 9.91. The van der Waals surface area contributed by atoms with Crippen LogP contribution in [-0.2, 0) is 9.47 Å². The van der Waals surface area contributed by atoms with Crippen LogP contribution in [0.1, 0.15) is 409 Å². The molecule has 11 rings (SSSR count). The van der Waals surface area contributed by atoms with Gasteiger partial charge in [0.25, 0.3) is 12.6 Å². The summed E-state index contributed by atoms with van der Waals surface area (Å²) in [4.78, 5) is 41.0. The highest BCUT2D eigenvalue weighted by Crippen LogP contribution is 2.48. The maximum atomic E-state index is 7.16. The molecule has 8 bridgehead atoms. The van der Waals surface area contributed by atoms with Crippen LogP contribution in [-0.4, -0.2) is 84.7 Å². The Morgan fingerprint density at radius 3 is 0.857 bits per heavy atom. The van der Waals surface area contributed by atoms with E-state index in [0.29, 0.717) is 141 Å². The molecule has 0 aliphatic carbocycles. The second-order valence-electron chi connectivity index (χ2n) is 45.8. The molecule has 740 valence electrons. The van der Waals surface area contributed by atoms with Crippen LogP contribution in [0.5, 0.6) is 34.5 Å². The highest BCUT2D eigenvalue weighted by Gasteiger charge is 2.46. The van der Waals surface area contributed by atoms with E-state index in [4.69, 9.17) is 67.8 Å². The molecular weight excluding hydrogens is 1650 g/mol. The van der Waals surface area contributed by atoms with E-state index in [9.17, 15) is 0 Å². The van der Waals surface area contributed by atoms with E-state index in [1.807, 2.05) is 50.2 Å². The summed E-state index contributed by atoms with van der Waals surface area (Å²) in [6, 6.07) is 20.3. The van der Waals surface area contributed by atoms with Gasteiger partial charge < -0.3 is 47.9 Å². The minimum Gasteiger partial charge on any atom is -0.490 e. The fourth-order valence-electron chi connectivity index (χ4n) is 20.8. The van der Waals surface area contributed by atoms with E-state index in [1.165, 1.54) is 205 Å². The van der Waals surface area contributed by atoms with Gasteiger partial charge in [0, 0.05) is 32.8 Å². The first-order valence-electron chi connectivity index (χ1n) is 54.5. The van der Waals surface area contributed by atoms with E-state index in [1.54, 1.807) is 0 Å². The molecule has 16 nitrogen and oxygen atoms in total. The third-order valence-corrected chi connectivity index (χ3v) is 30.0. The minimum atomic E-state index is -1.05. The van der Waals surface area contributed by atoms with E-state index < -0.39 is 18.4 Å². The summed E-state index contributed by atoms with van der Waals surface area (Å²) in [5, 5.41) is 3.01. The Labute approximate surface area is 806 Å². The Hall–Kier alpha value is -7.04. The molecule has 2 N–H and O–H groups in total. The van der Waals surface area contributed by atoms with Crippen molar-refractivity contribution in [1.82, 2.24) is 39.9 Å². The Kier molecular flexibility index (Phi) is 43.0. The zero-order valence-electron chi connectivity index (χ0n) is 87.7. The zero-order valence-corrected chi connectivity index (χ0v) is 87.7. The normalized spacial score (nSPS) is 17.4. The molecule has 0 amide bonds. The molecule has 7 aromatic rings. The van der Waals surface area contributed by atoms with Crippen LogP contribution < -0.4 is 28.4 Å². The van der Waals surface area contributed by atoms with Crippen molar-refractivity contribution >= 4 is 44.1 Å². The number of H-pyrrole nitrogens is 2. The van der Waals surface area contributed by atoms with Gasteiger partial charge in [-0.2, -0.15) is 0 Å². The quantitative estimate of drug-likeness (QED) is 0.0367. The van der Waals surface area contributed by atoms with Crippen LogP contribution in [0, 0.1) is 94.7 Å². The summed E-state index contributed by atoms with van der Waals surface area (Å²) in [6.45, 7) is 54.0. The third kappa shape index (κ3) is 34.2. The number of benzene rings is 4. The van der Waals surface area contributed by atoms with Gasteiger partial charge in [-0.1, -0.05) is 394 Å². The van der Waals surface area contributed by atoms with Crippen molar-refractivity contribution in [3.63, 3.8) is 0 Å². The molecule has 14 unspecified atom stereocenters. The molecule has 0 saturated carbocycles. The summed E-state index contributed by atoms with van der Waals surface area (Å²) in [6.07, 6.45) is 48.4. The fourth-order valence-corrected chi connectivity index (χ4v) is 20.8. The number of fused-ring (bicyclic) bond motifs is 15. The minimum absolute atomic E-state index is 0.388. The standard InChI is InChI=1S/C117H184N8O8/c1-77(2)37-23-41-81(9)45-27-49-85(13)53-31-57-89(17)65-69-126-101-73-95-97(75-103(101)128-71-67-91(19)59-33-55-87(15)51-29-47-83(11)43-25-39-79(5)6)111-120-109(95)118-107-93-61-35-63-99-105(93)113(123-107)125-114-106-94(62-36-64-100(106)131-116-115(130-99)132-117(21,22)133-116)108(124-114)119-110-96-74-102(127-70-66-90(18)58-32-54-86(14)50-28-46-82(10)42-24-38-78(3)4)104(76-98(96)112(121-110)122-111)129-72-68-92(20)60-34-56-88(16)52-30-48-84(12)44-26-40-80(7)8/h35-36,61-64,73-92,115-116H,23-34,37-60,65-72H2,1-22H3,(H2,118,119,120,121,122,123,124,125). The number of rotatable bonds is 64. The van der Waals surface area contributed by atoms with Crippen LogP contribution in [0.2, 0.25) is 0 Å². The zero-order chi connectivity index (χ0) is 95.1. The predicted molar refractivity (Wildman–Crippen MR) is 557 cm³/mol. The van der Waals surface area contributed by atoms with E-state index in [-0.39, 0.29) is 0 Å². The van der Waals surface area contributed by atoms with E-state index in [2.05, 4.69) is 173 Å². The molecule has 14 atom stereocenters. The Bertz CT molecular complexity index is 4800. The van der Waals surface area contributed by atoms with Crippen molar-refractivity contribution in [3.8, 4) is 80.0 Å². The first-order valence-corrected chi connectivity index (χ1v) is 54.5. The average Bonchev–Trinajstić information content (AvgIpc) is 1.59. The average molecular weight is 1830 g/mol. The molecule has 7 heterocycles. The van der Waals surface area contributed by atoms with Gasteiger partial charge in [0.15, 0.2) is 52.1 Å². The molecule has 3 aromatic heterocycles. The molecule has 0 spiro atoms. The fraction of sp³-hybridized carbons (Fsp3) is 0.726. The number of aromatic amines is 2. The van der Waals surface area contributed by atoms with E-state index >= 15 is 0 Å². The van der Waals surface area contributed by atoms with Gasteiger partial charge in [-0.15, -0.1) is 0 Å². The number of hydrogen-bond donors (Lipinski definition) is 2. The lowest BCUT2D eigenvalue weighted by Crippen LogP contribution is -2.33. The summed E-state index contributed by atoms with van der Waals surface area (Å²) in [5.41, 5.74) is 4.98. The van der Waals surface area contributed by atoms with Gasteiger partial charge in [-0.25, -0.2) is 29.9 Å². The smallest absolute Gasteiger partial charge is 0.265 e. The summed E-state index contributed by atoms with van der Waals surface area (Å²) >= 11 is 0. The van der Waals surface area contributed by atoms with Gasteiger partial charge in [0.1, 0.15) is 34.1 Å². The van der Waals surface area contributed by atoms with Crippen molar-refractivity contribution in [1.29, 1.82) is 0 Å². The van der Waals surface area contributed by atoms with Crippen molar-refractivity contribution < 1.29 is 37.9 Å². The lowest BCUT2D eigenvalue weighted by molar-refractivity contribution is -0.174. The number of aromatic nitrogens is 8. The molecule has 16 heteroatoms. The van der Waals surface area contributed by atoms with Crippen molar-refractivity contribution in [2.24, 2.45) is 94.7 Å². The van der Waals surface area contributed by atoms with Gasteiger partial charge in [-0.3, -0.25) is 0 Å². The van der Waals surface area contributed by atoms with Gasteiger partial charge in [0.2, 0.25) is 0 Å². The predicted octanol–water partition coefficient (Wildman–Crippen LogP) is 34.5. The Balaban J connectivity index is 0.952. The van der Waals surface area contributed by atoms with Crippen LogP contribution in [0.3, 0.4) is 0 Å². The SMILES string of the molecule is CC(C)CCCC(C)CCCC(C)CCCC(C)CCOc1cc2c(cc1OCCC(C)CCCC(C)CCCC(C)CCCC(C)C)-c1nc-2nc2[nH]c(nc3nc4nc5[nH]c(n1)c1cccc(c51)OC1OC(C)(C)OC1Oc1cccc-3c1-4)c1cc(OCCC(C)CCCC(C)CCCC(C)CCCC(C)C)c(OCCC(C)CCCC(C)CCCC(C)CCCC(C)C)cc21. The van der Waals surface area contributed by atoms with Crippen molar-refractivity contribution in [2.75, 3.05) is 26.4 Å². The lowest BCUT2D eigenvalue weighted by Gasteiger charge is -2.20. The summed E-state index contributed by atoms with van der Waals surface area (Å²) in [7, 11) is 0. The first kappa shape index (κ1) is 106. The van der Waals surface area contributed by atoms with Crippen LogP contribution in [0.15, 0.2) is 60.7 Å². The molecule has 4 aliphatic heterocycles. The number of nitrogens with one attached hydrogen (secondary N) is 2.